The third-order valence-electron chi connectivity index (χ3n) is 3.93. The Labute approximate surface area is 130 Å². The molecule has 2 heterocycles. The predicted molar refractivity (Wildman–Crippen MR) is 84.6 cm³/mol. The molecule has 2 N–H and O–H groups in total. The van der Waals surface area contributed by atoms with Crippen LogP contribution in [0.3, 0.4) is 0 Å². The molecule has 0 spiro atoms. The fourth-order valence-electron chi connectivity index (χ4n) is 3.00. The number of carbonyl (C=O) groups excluding carboxylic acids is 1. The molecule has 0 unspecified atom stereocenters. The van der Waals surface area contributed by atoms with Gasteiger partial charge in [0.2, 0.25) is 5.91 Å². The SMILES string of the molecule is NC(=O)c1cccc2c1c1[c]ccc(F)c1n2Cc1ccco1. The first kappa shape index (κ1) is 13.6. The van der Waals surface area contributed by atoms with Gasteiger partial charge in [0, 0.05) is 16.3 Å². The monoisotopic (exact) mass is 307 g/mol. The molecule has 5 heteroatoms. The Morgan fingerprint density at radius 1 is 1.26 bits per heavy atom. The average Bonchev–Trinajstić information content (AvgIpc) is 3.15. The number of hydrogen-bond donors (Lipinski definition) is 1. The number of amides is 1. The summed E-state index contributed by atoms with van der Waals surface area (Å²) in [5.41, 5.74) is 6.93. The van der Waals surface area contributed by atoms with Crippen LogP contribution >= 0.6 is 0 Å². The van der Waals surface area contributed by atoms with Gasteiger partial charge in [0.1, 0.15) is 11.6 Å². The lowest BCUT2D eigenvalue weighted by Gasteiger charge is -2.06. The van der Waals surface area contributed by atoms with Crippen LogP contribution in [0.4, 0.5) is 4.39 Å². The molecule has 113 valence electrons. The highest BCUT2D eigenvalue weighted by atomic mass is 19.1. The fraction of sp³-hybridized carbons (Fsp3) is 0.0556. The van der Waals surface area contributed by atoms with Crippen LogP contribution in [0.15, 0.2) is 53.1 Å². The van der Waals surface area contributed by atoms with Gasteiger partial charge in [-0.15, -0.1) is 0 Å². The summed E-state index contributed by atoms with van der Waals surface area (Å²) in [5.74, 6) is -0.237. The first-order valence-electron chi connectivity index (χ1n) is 7.10. The normalized spacial score (nSPS) is 11.3. The van der Waals surface area contributed by atoms with Gasteiger partial charge in [0.15, 0.2) is 0 Å². The van der Waals surface area contributed by atoms with E-state index in [0.717, 1.165) is 0 Å². The Morgan fingerprint density at radius 2 is 2.13 bits per heavy atom. The Hall–Kier alpha value is -3.08. The lowest BCUT2D eigenvalue weighted by molar-refractivity contribution is 0.100. The van der Waals surface area contributed by atoms with E-state index in [1.165, 1.54) is 12.1 Å². The molecular weight excluding hydrogens is 295 g/mol. The third kappa shape index (κ3) is 2.01. The van der Waals surface area contributed by atoms with E-state index >= 15 is 0 Å². The zero-order chi connectivity index (χ0) is 16.0. The molecule has 0 fully saturated rings. The number of carbonyl (C=O) groups is 1. The van der Waals surface area contributed by atoms with Crippen LogP contribution in [0, 0.1) is 11.9 Å². The second-order valence-corrected chi connectivity index (χ2v) is 5.28. The maximum Gasteiger partial charge on any atom is 0.249 e. The zero-order valence-electron chi connectivity index (χ0n) is 12.0. The molecule has 23 heavy (non-hydrogen) atoms. The van der Waals surface area contributed by atoms with Crippen LogP contribution in [-0.2, 0) is 6.54 Å². The Bertz CT molecular complexity index is 1030. The highest BCUT2D eigenvalue weighted by molar-refractivity contribution is 6.17. The highest BCUT2D eigenvalue weighted by Crippen LogP contribution is 2.33. The first-order chi connectivity index (χ1) is 11.2. The largest absolute Gasteiger partial charge is 0.467 e. The minimum atomic E-state index is -0.551. The van der Waals surface area contributed by atoms with Gasteiger partial charge in [-0.05, 0) is 36.4 Å². The standard InChI is InChI=1S/C18H12FN2O2/c19-14-7-1-5-12-16-13(18(20)22)6-2-8-15(16)21(17(12)14)10-11-4-3-9-23-11/h1-4,6-9H,10H2,(H2,20,22). The highest BCUT2D eigenvalue weighted by Gasteiger charge is 2.19. The third-order valence-corrected chi connectivity index (χ3v) is 3.93. The lowest BCUT2D eigenvalue weighted by Crippen LogP contribution is -2.11. The van der Waals surface area contributed by atoms with E-state index in [2.05, 4.69) is 6.07 Å². The molecule has 0 atom stereocenters. The van der Waals surface area contributed by atoms with Crippen LogP contribution in [0.25, 0.3) is 21.8 Å². The van der Waals surface area contributed by atoms with E-state index in [1.54, 1.807) is 29.0 Å². The minimum Gasteiger partial charge on any atom is -0.467 e. The topological polar surface area (TPSA) is 61.2 Å². The number of benzene rings is 2. The van der Waals surface area contributed by atoms with Crippen LogP contribution in [-0.4, -0.2) is 10.5 Å². The van der Waals surface area contributed by atoms with Crippen LogP contribution in [0.5, 0.6) is 0 Å². The molecule has 0 aliphatic heterocycles. The van der Waals surface area contributed by atoms with Crippen molar-refractivity contribution in [2.45, 2.75) is 6.54 Å². The second-order valence-electron chi connectivity index (χ2n) is 5.28. The molecule has 1 amide bonds. The van der Waals surface area contributed by atoms with Crippen molar-refractivity contribution in [2.75, 3.05) is 0 Å². The maximum atomic E-state index is 14.5. The summed E-state index contributed by atoms with van der Waals surface area (Å²) in [5, 5.41) is 1.15. The van der Waals surface area contributed by atoms with Crippen molar-refractivity contribution in [3.05, 3.63) is 71.9 Å². The van der Waals surface area contributed by atoms with Gasteiger partial charge in [-0.3, -0.25) is 4.79 Å². The molecule has 0 bridgehead atoms. The first-order valence-corrected chi connectivity index (χ1v) is 7.10. The van der Waals surface area contributed by atoms with Crippen molar-refractivity contribution in [1.29, 1.82) is 0 Å². The van der Waals surface area contributed by atoms with Crippen molar-refractivity contribution < 1.29 is 13.6 Å². The van der Waals surface area contributed by atoms with Gasteiger partial charge in [0.25, 0.3) is 0 Å². The molecule has 0 aliphatic carbocycles. The Morgan fingerprint density at radius 3 is 2.87 bits per heavy atom. The molecule has 4 nitrogen and oxygen atoms in total. The number of rotatable bonds is 3. The number of nitrogens with two attached hydrogens (primary N) is 1. The average molecular weight is 307 g/mol. The van der Waals surface area contributed by atoms with E-state index in [4.69, 9.17) is 10.2 Å². The summed E-state index contributed by atoms with van der Waals surface area (Å²) >= 11 is 0. The van der Waals surface area contributed by atoms with Gasteiger partial charge in [-0.2, -0.15) is 0 Å². The summed E-state index contributed by atoms with van der Waals surface area (Å²) in [6.07, 6.45) is 1.57. The smallest absolute Gasteiger partial charge is 0.249 e. The molecule has 4 rings (SSSR count). The Kier molecular flexibility index (Phi) is 2.94. The zero-order valence-corrected chi connectivity index (χ0v) is 12.0. The molecule has 2 aromatic heterocycles. The molecule has 2 aromatic carbocycles. The summed E-state index contributed by atoms with van der Waals surface area (Å²) < 4.78 is 21.6. The van der Waals surface area contributed by atoms with Crippen molar-refractivity contribution >= 4 is 27.7 Å². The number of furan rings is 1. The van der Waals surface area contributed by atoms with Crippen LogP contribution < -0.4 is 5.73 Å². The van der Waals surface area contributed by atoms with Crippen molar-refractivity contribution in [3.63, 3.8) is 0 Å². The summed E-state index contributed by atoms with van der Waals surface area (Å²) in [6.45, 7) is 0.351. The lowest BCUT2D eigenvalue weighted by atomic mass is 10.1. The van der Waals surface area contributed by atoms with Gasteiger partial charge in [-0.25, -0.2) is 4.39 Å². The van der Waals surface area contributed by atoms with Gasteiger partial charge < -0.3 is 14.7 Å². The van der Waals surface area contributed by atoms with E-state index < -0.39 is 5.91 Å². The van der Waals surface area contributed by atoms with Crippen LogP contribution in [0.2, 0.25) is 0 Å². The van der Waals surface area contributed by atoms with E-state index in [1.807, 2.05) is 12.1 Å². The second kappa shape index (κ2) is 4.98. The van der Waals surface area contributed by atoms with E-state index in [-0.39, 0.29) is 5.82 Å². The number of aromatic nitrogens is 1. The molecule has 0 saturated carbocycles. The quantitative estimate of drug-likeness (QED) is 0.630. The fourth-order valence-corrected chi connectivity index (χ4v) is 3.00. The Balaban J connectivity index is 2.14. The predicted octanol–water partition coefficient (Wildman–Crippen LogP) is 3.47. The maximum absolute atomic E-state index is 14.5. The van der Waals surface area contributed by atoms with Crippen molar-refractivity contribution in [1.82, 2.24) is 4.57 Å². The summed E-state index contributed by atoms with van der Waals surface area (Å²) in [6, 6.07) is 14.7. The molecule has 1 radical (unpaired) electrons. The van der Waals surface area contributed by atoms with Gasteiger partial charge in [-0.1, -0.05) is 12.1 Å². The van der Waals surface area contributed by atoms with Crippen LogP contribution in [0.1, 0.15) is 16.1 Å². The number of hydrogen-bond acceptors (Lipinski definition) is 2. The van der Waals surface area contributed by atoms with Crippen molar-refractivity contribution in [2.24, 2.45) is 5.73 Å². The number of halogens is 1. The molecular formula is C18H12FN2O2. The van der Waals surface area contributed by atoms with E-state index in [0.29, 0.717) is 39.7 Å². The van der Waals surface area contributed by atoms with E-state index in [9.17, 15) is 9.18 Å². The number of nitrogens with zero attached hydrogens (tertiary/aromatic N) is 1. The molecule has 4 aromatic rings. The number of fused-ring (bicyclic) bond motifs is 3. The minimum absolute atomic E-state index is 0.351. The summed E-state index contributed by atoms with van der Waals surface area (Å²) in [4.78, 5) is 11.8. The van der Waals surface area contributed by atoms with Gasteiger partial charge in [0.05, 0.1) is 23.8 Å². The molecule has 0 saturated heterocycles. The van der Waals surface area contributed by atoms with Crippen molar-refractivity contribution in [3.8, 4) is 0 Å². The molecule has 0 aliphatic rings. The number of primary amides is 1. The van der Waals surface area contributed by atoms with Gasteiger partial charge >= 0.3 is 0 Å². The summed E-state index contributed by atoms with van der Waals surface area (Å²) in [7, 11) is 0.